The Hall–Kier alpha value is -2.74. The fourth-order valence-corrected chi connectivity index (χ4v) is 3.11. The van der Waals surface area contributed by atoms with E-state index in [1.54, 1.807) is 0 Å². The molecular weight excluding hydrogens is 326 g/mol. The number of nitrogens with zero attached hydrogens (tertiary/aromatic N) is 3. The van der Waals surface area contributed by atoms with Gasteiger partial charge in [0.2, 0.25) is 5.89 Å². The first-order valence-corrected chi connectivity index (χ1v) is 7.85. The number of ether oxygens (including phenoxy) is 2. The van der Waals surface area contributed by atoms with Crippen LogP contribution >= 0.6 is 0 Å². The summed E-state index contributed by atoms with van der Waals surface area (Å²) in [7, 11) is 2.85. The van der Waals surface area contributed by atoms with Crippen molar-refractivity contribution >= 4 is 11.9 Å². The van der Waals surface area contributed by atoms with Gasteiger partial charge in [-0.3, -0.25) is 9.59 Å². The van der Waals surface area contributed by atoms with E-state index in [-0.39, 0.29) is 30.9 Å². The first-order valence-electron chi connectivity index (χ1n) is 7.85. The minimum atomic E-state index is -0.888. The molecule has 0 aliphatic carbocycles. The Morgan fingerprint density at radius 2 is 2.00 bits per heavy atom. The Labute approximate surface area is 144 Å². The average Bonchev–Trinajstić information content (AvgIpc) is 3.30. The fraction of sp³-hybridized carbons (Fsp3) is 0.412. The van der Waals surface area contributed by atoms with Gasteiger partial charge in [-0.15, -0.1) is 10.2 Å². The number of carbonyl (C=O) groups is 2. The topological polar surface area (TPSA) is 94.8 Å². The van der Waals surface area contributed by atoms with Gasteiger partial charge >= 0.3 is 17.8 Å². The van der Waals surface area contributed by atoms with Crippen molar-refractivity contribution in [2.75, 3.05) is 27.3 Å². The predicted octanol–water partition coefficient (Wildman–Crippen LogP) is 1.17. The molecule has 1 amide bonds. The van der Waals surface area contributed by atoms with Crippen LogP contribution in [0.2, 0.25) is 0 Å². The van der Waals surface area contributed by atoms with Crippen molar-refractivity contribution in [1.82, 2.24) is 15.1 Å². The van der Waals surface area contributed by atoms with E-state index in [0.29, 0.717) is 13.0 Å². The molecule has 0 unspecified atom stereocenters. The second kappa shape index (κ2) is 7.02. The first kappa shape index (κ1) is 17.1. The van der Waals surface area contributed by atoms with Crippen molar-refractivity contribution in [1.29, 1.82) is 0 Å². The number of likely N-dealkylation sites (tertiary alicyclic amines) is 1. The van der Waals surface area contributed by atoms with E-state index in [9.17, 15) is 9.59 Å². The van der Waals surface area contributed by atoms with Crippen molar-refractivity contribution in [2.24, 2.45) is 0 Å². The standard InChI is InChI=1S/C17H19N3O5/c1-23-10-13-18-19-14(25-13)15(21)20-9-8-17(11-20,16(22)24-2)12-6-4-3-5-7-12/h3-7H,8-11H2,1-2H3/t17-/m0/s1. The number of rotatable bonds is 5. The van der Waals surface area contributed by atoms with Gasteiger partial charge in [-0.2, -0.15) is 0 Å². The number of amides is 1. The van der Waals surface area contributed by atoms with E-state index in [1.807, 2.05) is 30.3 Å². The normalized spacial score (nSPS) is 19.8. The SMILES string of the molecule is COCc1nnc(C(=O)N2CC[C@@](C(=O)OC)(c3ccccc3)C2)o1. The van der Waals surface area contributed by atoms with Gasteiger partial charge in [0.05, 0.1) is 7.11 Å². The van der Waals surface area contributed by atoms with E-state index >= 15 is 0 Å². The largest absolute Gasteiger partial charge is 0.468 e. The maximum atomic E-state index is 12.6. The van der Waals surface area contributed by atoms with Gasteiger partial charge in [0, 0.05) is 20.2 Å². The van der Waals surface area contributed by atoms with Gasteiger partial charge in [-0.25, -0.2) is 0 Å². The summed E-state index contributed by atoms with van der Waals surface area (Å²) in [5.41, 5.74) is -0.0659. The minimum absolute atomic E-state index is 0.110. The summed E-state index contributed by atoms with van der Waals surface area (Å²) >= 11 is 0. The second-order valence-corrected chi connectivity index (χ2v) is 5.85. The smallest absolute Gasteiger partial charge is 0.318 e. The number of benzene rings is 1. The highest BCUT2D eigenvalue weighted by Crippen LogP contribution is 2.36. The Kier molecular flexibility index (Phi) is 4.80. The highest BCUT2D eigenvalue weighted by molar-refractivity contribution is 5.92. The lowest BCUT2D eigenvalue weighted by molar-refractivity contribution is -0.147. The fourth-order valence-electron chi connectivity index (χ4n) is 3.11. The highest BCUT2D eigenvalue weighted by atomic mass is 16.5. The van der Waals surface area contributed by atoms with Gasteiger partial charge in [0.25, 0.3) is 0 Å². The molecule has 8 nitrogen and oxygen atoms in total. The molecule has 1 fully saturated rings. The lowest BCUT2D eigenvalue weighted by Crippen LogP contribution is -2.41. The molecule has 1 aliphatic rings. The quantitative estimate of drug-likeness (QED) is 0.751. The summed E-state index contributed by atoms with van der Waals surface area (Å²) in [6.45, 7) is 0.728. The van der Waals surface area contributed by atoms with Gasteiger partial charge in [0.15, 0.2) is 0 Å². The zero-order valence-electron chi connectivity index (χ0n) is 14.1. The second-order valence-electron chi connectivity index (χ2n) is 5.85. The maximum Gasteiger partial charge on any atom is 0.318 e. The van der Waals surface area contributed by atoms with Crippen molar-refractivity contribution in [3.8, 4) is 0 Å². The number of methoxy groups -OCH3 is 2. The molecule has 25 heavy (non-hydrogen) atoms. The molecule has 1 aliphatic heterocycles. The van der Waals surface area contributed by atoms with Crippen molar-refractivity contribution in [3.05, 3.63) is 47.7 Å². The zero-order valence-corrected chi connectivity index (χ0v) is 14.1. The van der Waals surface area contributed by atoms with Crippen LogP contribution in [0.15, 0.2) is 34.7 Å². The summed E-state index contributed by atoms with van der Waals surface area (Å²) in [5, 5.41) is 7.52. The molecule has 0 saturated carbocycles. The molecule has 1 saturated heterocycles. The summed E-state index contributed by atoms with van der Waals surface area (Å²) < 4.78 is 15.2. The van der Waals surface area contributed by atoms with Gasteiger partial charge < -0.3 is 18.8 Å². The van der Waals surface area contributed by atoms with Crippen LogP contribution < -0.4 is 0 Å². The van der Waals surface area contributed by atoms with E-state index in [4.69, 9.17) is 13.9 Å². The molecule has 1 aromatic heterocycles. The van der Waals surface area contributed by atoms with Crippen LogP contribution in [-0.4, -0.2) is 54.3 Å². The number of aromatic nitrogens is 2. The van der Waals surface area contributed by atoms with E-state index in [1.165, 1.54) is 19.1 Å². The Balaban J connectivity index is 1.84. The molecule has 3 rings (SSSR count). The Morgan fingerprint density at radius 1 is 1.24 bits per heavy atom. The predicted molar refractivity (Wildman–Crippen MR) is 85.7 cm³/mol. The minimum Gasteiger partial charge on any atom is -0.468 e. The molecular formula is C17H19N3O5. The van der Waals surface area contributed by atoms with Crippen LogP contribution in [0.5, 0.6) is 0 Å². The van der Waals surface area contributed by atoms with Crippen molar-refractivity contribution < 1.29 is 23.5 Å². The third kappa shape index (κ3) is 3.12. The summed E-state index contributed by atoms with van der Waals surface area (Å²) in [5.74, 6) is -0.649. The monoisotopic (exact) mass is 345 g/mol. The molecule has 2 aromatic rings. The molecule has 132 valence electrons. The van der Waals surface area contributed by atoms with Crippen molar-refractivity contribution in [3.63, 3.8) is 0 Å². The molecule has 1 atom stereocenters. The van der Waals surface area contributed by atoms with Gasteiger partial charge in [-0.1, -0.05) is 30.3 Å². The molecule has 1 aromatic carbocycles. The molecule has 0 radical (unpaired) electrons. The first-order chi connectivity index (χ1) is 12.1. The number of carbonyl (C=O) groups excluding carboxylic acids is 2. The van der Waals surface area contributed by atoms with Crippen LogP contribution in [0.1, 0.15) is 28.6 Å². The molecule has 0 N–H and O–H groups in total. The Morgan fingerprint density at radius 3 is 2.68 bits per heavy atom. The Bertz CT molecular complexity index is 761. The van der Waals surface area contributed by atoms with Crippen LogP contribution in [0.3, 0.4) is 0 Å². The molecule has 2 heterocycles. The van der Waals surface area contributed by atoms with Gasteiger partial charge in [0.1, 0.15) is 12.0 Å². The zero-order chi connectivity index (χ0) is 17.9. The molecule has 8 heteroatoms. The lowest BCUT2D eigenvalue weighted by Gasteiger charge is -2.26. The molecule has 0 bridgehead atoms. The summed E-state index contributed by atoms with van der Waals surface area (Å²) in [6.07, 6.45) is 0.467. The van der Waals surface area contributed by atoms with E-state index in [0.717, 1.165) is 5.56 Å². The highest BCUT2D eigenvalue weighted by Gasteiger charge is 2.49. The van der Waals surface area contributed by atoms with Crippen molar-refractivity contribution in [2.45, 2.75) is 18.4 Å². The third-order valence-electron chi connectivity index (χ3n) is 4.38. The van der Waals surface area contributed by atoms with E-state index < -0.39 is 11.3 Å². The molecule has 0 spiro atoms. The number of esters is 1. The third-order valence-corrected chi connectivity index (χ3v) is 4.38. The number of hydrogen-bond donors (Lipinski definition) is 0. The maximum absolute atomic E-state index is 12.6. The average molecular weight is 345 g/mol. The summed E-state index contributed by atoms with van der Waals surface area (Å²) in [6, 6.07) is 9.34. The number of hydrogen-bond acceptors (Lipinski definition) is 7. The van der Waals surface area contributed by atoms with Crippen LogP contribution in [-0.2, 0) is 26.3 Å². The van der Waals surface area contributed by atoms with Crippen LogP contribution in [0.25, 0.3) is 0 Å². The van der Waals surface area contributed by atoms with Crippen LogP contribution in [0.4, 0.5) is 0 Å². The lowest BCUT2D eigenvalue weighted by atomic mass is 9.79. The van der Waals surface area contributed by atoms with Crippen LogP contribution in [0, 0.1) is 0 Å². The van der Waals surface area contributed by atoms with E-state index in [2.05, 4.69) is 10.2 Å². The summed E-state index contributed by atoms with van der Waals surface area (Å²) in [4.78, 5) is 26.7. The van der Waals surface area contributed by atoms with Gasteiger partial charge in [-0.05, 0) is 12.0 Å².